The SMILES string of the molecule is Cc1cccc(/C=C2/SC(=O)N(CCC(=O)[O-])C2=O)c1. The molecular formula is C14H12NO4S-. The number of thioether (sulfide) groups is 1. The third kappa shape index (κ3) is 3.27. The molecule has 1 aromatic rings. The number of carboxylic acid groups (broad SMARTS) is 1. The second kappa shape index (κ2) is 5.92. The van der Waals surface area contributed by atoms with Crippen molar-refractivity contribution in [2.75, 3.05) is 6.54 Å². The predicted molar refractivity (Wildman–Crippen MR) is 73.5 cm³/mol. The highest BCUT2D eigenvalue weighted by Gasteiger charge is 2.34. The topological polar surface area (TPSA) is 77.5 Å². The molecule has 104 valence electrons. The Morgan fingerprint density at radius 1 is 1.40 bits per heavy atom. The Labute approximate surface area is 120 Å². The molecule has 0 unspecified atom stereocenters. The van der Waals surface area contributed by atoms with Gasteiger partial charge in [0.25, 0.3) is 11.1 Å². The minimum absolute atomic E-state index is 0.155. The molecule has 20 heavy (non-hydrogen) atoms. The second-order valence-electron chi connectivity index (χ2n) is 4.37. The van der Waals surface area contributed by atoms with Gasteiger partial charge < -0.3 is 9.90 Å². The summed E-state index contributed by atoms with van der Waals surface area (Å²) in [6, 6.07) is 7.53. The summed E-state index contributed by atoms with van der Waals surface area (Å²) in [7, 11) is 0. The normalized spacial score (nSPS) is 17.1. The molecule has 1 aromatic carbocycles. The molecule has 1 fully saturated rings. The van der Waals surface area contributed by atoms with E-state index in [-0.39, 0.29) is 13.0 Å². The summed E-state index contributed by atoms with van der Waals surface area (Å²) >= 11 is 0.819. The first-order valence-corrected chi connectivity index (χ1v) is 6.81. The van der Waals surface area contributed by atoms with E-state index in [1.165, 1.54) is 0 Å². The van der Waals surface area contributed by atoms with Crippen LogP contribution in [0.2, 0.25) is 0 Å². The summed E-state index contributed by atoms with van der Waals surface area (Å²) < 4.78 is 0. The van der Waals surface area contributed by atoms with E-state index < -0.39 is 17.1 Å². The lowest BCUT2D eigenvalue weighted by atomic mass is 10.1. The maximum absolute atomic E-state index is 12.0. The molecule has 0 atom stereocenters. The molecule has 0 N–H and O–H groups in total. The van der Waals surface area contributed by atoms with Crippen LogP contribution in [0.4, 0.5) is 4.79 Å². The van der Waals surface area contributed by atoms with Crippen molar-refractivity contribution < 1.29 is 19.5 Å². The number of nitrogens with zero attached hydrogens (tertiary/aromatic N) is 1. The zero-order valence-corrected chi connectivity index (χ0v) is 11.6. The quantitative estimate of drug-likeness (QED) is 0.778. The van der Waals surface area contributed by atoms with Crippen molar-refractivity contribution in [3.63, 3.8) is 0 Å². The molecule has 1 heterocycles. The zero-order valence-electron chi connectivity index (χ0n) is 10.8. The van der Waals surface area contributed by atoms with E-state index in [0.717, 1.165) is 27.8 Å². The minimum atomic E-state index is -1.29. The monoisotopic (exact) mass is 290 g/mol. The molecule has 2 rings (SSSR count). The average Bonchev–Trinajstić information content (AvgIpc) is 2.62. The summed E-state index contributed by atoms with van der Waals surface area (Å²) in [5, 5.41) is 9.95. The van der Waals surface area contributed by atoms with Crippen LogP contribution in [0.15, 0.2) is 29.2 Å². The Balaban J connectivity index is 2.17. The number of carbonyl (C=O) groups is 3. The lowest BCUT2D eigenvalue weighted by Gasteiger charge is -2.12. The van der Waals surface area contributed by atoms with Gasteiger partial charge >= 0.3 is 0 Å². The van der Waals surface area contributed by atoms with Gasteiger partial charge in [0.15, 0.2) is 0 Å². The highest BCUT2D eigenvalue weighted by Crippen LogP contribution is 2.32. The number of carboxylic acids is 1. The molecular weight excluding hydrogens is 278 g/mol. The summed E-state index contributed by atoms with van der Waals surface area (Å²) in [5.74, 6) is -1.74. The number of amides is 2. The smallest absolute Gasteiger partial charge is 0.293 e. The van der Waals surface area contributed by atoms with Gasteiger partial charge in [-0.1, -0.05) is 29.8 Å². The first-order chi connectivity index (χ1) is 9.47. The number of imide groups is 1. The molecule has 0 spiro atoms. The van der Waals surface area contributed by atoms with Crippen molar-refractivity contribution in [2.24, 2.45) is 0 Å². The van der Waals surface area contributed by atoms with E-state index in [9.17, 15) is 19.5 Å². The van der Waals surface area contributed by atoms with Crippen LogP contribution in [-0.4, -0.2) is 28.6 Å². The second-order valence-corrected chi connectivity index (χ2v) is 5.36. The van der Waals surface area contributed by atoms with Crippen LogP contribution >= 0.6 is 11.8 Å². The van der Waals surface area contributed by atoms with E-state index >= 15 is 0 Å². The molecule has 0 radical (unpaired) electrons. The van der Waals surface area contributed by atoms with E-state index in [2.05, 4.69) is 0 Å². The van der Waals surface area contributed by atoms with Crippen molar-refractivity contribution in [2.45, 2.75) is 13.3 Å². The van der Waals surface area contributed by atoms with Crippen molar-refractivity contribution in [1.29, 1.82) is 0 Å². The number of benzene rings is 1. The number of hydrogen-bond donors (Lipinski definition) is 0. The van der Waals surface area contributed by atoms with E-state index in [1.807, 2.05) is 31.2 Å². The van der Waals surface area contributed by atoms with Gasteiger partial charge in [0, 0.05) is 18.9 Å². The first-order valence-electron chi connectivity index (χ1n) is 5.99. The van der Waals surface area contributed by atoms with Gasteiger partial charge in [0.05, 0.1) is 4.91 Å². The summed E-state index contributed by atoms with van der Waals surface area (Å²) in [5.41, 5.74) is 1.88. The van der Waals surface area contributed by atoms with Crippen LogP contribution in [-0.2, 0) is 9.59 Å². The largest absolute Gasteiger partial charge is 0.550 e. The van der Waals surface area contributed by atoms with Crippen molar-refractivity contribution >= 4 is 35.0 Å². The zero-order chi connectivity index (χ0) is 14.7. The number of aryl methyl sites for hydroxylation is 1. The van der Waals surface area contributed by atoms with E-state index in [1.54, 1.807) is 6.08 Å². The maximum atomic E-state index is 12.0. The van der Waals surface area contributed by atoms with Crippen molar-refractivity contribution in [3.05, 3.63) is 40.3 Å². The number of aliphatic carboxylic acids is 1. The molecule has 0 aliphatic carbocycles. The van der Waals surface area contributed by atoms with Gasteiger partial charge in [-0.3, -0.25) is 14.5 Å². The minimum Gasteiger partial charge on any atom is -0.550 e. The lowest BCUT2D eigenvalue weighted by molar-refractivity contribution is -0.305. The molecule has 1 aliphatic rings. The van der Waals surface area contributed by atoms with Gasteiger partial charge in [-0.15, -0.1) is 0 Å². The van der Waals surface area contributed by atoms with Crippen molar-refractivity contribution in [3.8, 4) is 0 Å². The van der Waals surface area contributed by atoms with Crippen LogP contribution in [0.5, 0.6) is 0 Å². The summed E-state index contributed by atoms with van der Waals surface area (Å²) in [4.78, 5) is 35.3. The molecule has 1 aliphatic heterocycles. The molecule has 0 saturated carbocycles. The third-order valence-corrected chi connectivity index (χ3v) is 3.66. The molecule has 6 heteroatoms. The Morgan fingerprint density at radius 2 is 2.15 bits per heavy atom. The lowest BCUT2D eigenvalue weighted by Crippen LogP contribution is -2.33. The Hall–Kier alpha value is -2.08. The number of carbonyl (C=O) groups excluding carboxylic acids is 3. The summed E-state index contributed by atoms with van der Waals surface area (Å²) in [6.45, 7) is 1.78. The highest BCUT2D eigenvalue weighted by molar-refractivity contribution is 8.18. The standard InChI is InChI=1S/C14H13NO4S/c1-9-3-2-4-10(7-9)8-11-13(18)15(14(19)20-11)6-5-12(16)17/h2-4,7-8H,5-6H2,1H3,(H,16,17)/p-1/b11-8+. The first kappa shape index (κ1) is 14.3. The maximum Gasteiger partial charge on any atom is 0.293 e. The van der Waals surface area contributed by atoms with E-state index in [4.69, 9.17) is 0 Å². The Kier molecular flexibility index (Phi) is 4.24. The van der Waals surface area contributed by atoms with Crippen LogP contribution in [0.1, 0.15) is 17.5 Å². The van der Waals surface area contributed by atoms with Crippen LogP contribution < -0.4 is 5.11 Å². The molecule has 0 aromatic heterocycles. The fraction of sp³-hybridized carbons (Fsp3) is 0.214. The number of hydrogen-bond acceptors (Lipinski definition) is 5. The predicted octanol–water partition coefficient (Wildman–Crippen LogP) is 1.17. The van der Waals surface area contributed by atoms with Crippen LogP contribution in [0, 0.1) is 6.92 Å². The summed E-state index contributed by atoms with van der Waals surface area (Å²) in [6.07, 6.45) is 1.28. The van der Waals surface area contributed by atoms with Crippen molar-refractivity contribution in [1.82, 2.24) is 4.90 Å². The molecule has 5 nitrogen and oxygen atoms in total. The highest BCUT2D eigenvalue weighted by atomic mass is 32.2. The van der Waals surface area contributed by atoms with Gasteiger partial charge in [-0.25, -0.2) is 0 Å². The van der Waals surface area contributed by atoms with Gasteiger partial charge in [-0.2, -0.15) is 0 Å². The fourth-order valence-corrected chi connectivity index (χ4v) is 2.67. The molecule has 1 saturated heterocycles. The van der Waals surface area contributed by atoms with E-state index in [0.29, 0.717) is 4.91 Å². The van der Waals surface area contributed by atoms with Crippen LogP contribution in [0.3, 0.4) is 0 Å². The average molecular weight is 290 g/mol. The van der Waals surface area contributed by atoms with Gasteiger partial charge in [0.2, 0.25) is 0 Å². The van der Waals surface area contributed by atoms with Crippen LogP contribution in [0.25, 0.3) is 6.08 Å². The van der Waals surface area contributed by atoms with Gasteiger partial charge in [0.1, 0.15) is 0 Å². The fourth-order valence-electron chi connectivity index (χ4n) is 1.81. The molecule has 0 bridgehead atoms. The Morgan fingerprint density at radius 3 is 2.80 bits per heavy atom. The third-order valence-electron chi connectivity index (χ3n) is 2.75. The Bertz CT molecular complexity index is 609. The number of rotatable bonds is 4. The van der Waals surface area contributed by atoms with Gasteiger partial charge in [-0.05, 0) is 30.3 Å². The molecule has 2 amide bonds.